The molecule has 0 bridgehead atoms. The Morgan fingerprint density at radius 3 is 2.55 bits per heavy atom. The number of piperazine rings is 1. The first-order chi connectivity index (χ1) is 10.7. The van der Waals surface area contributed by atoms with Crippen LogP contribution in [-0.2, 0) is 0 Å². The van der Waals surface area contributed by atoms with Gasteiger partial charge >= 0.3 is 0 Å². The summed E-state index contributed by atoms with van der Waals surface area (Å²) in [7, 11) is 1.82. The third-order valence-corrected chi connectivity index (χ3v) is 4.03. The molecule has 0 aliphatic carbocycles. The number of likely N-dealkylation sites (N-methyl/N-ethyl adjacent to an activating group) is 2. The van der Waals surface area contributed by atoms with Gasteiger partial charge in [0.2, 0.25) is 0 Å². The average Bonchev–Trinajstić information content (AvgIpc) is 2.55. The molecule has 0 spiro atoms. The zero-order valence-electron chi connectivity index (χ0n) is 13.4. The average molecular weight is 308 g/mol. The Labute approximate surface area is 131 Å². The summed E-state index contributed by atoms with van der Waals surface area (Å²) in [4.78, 5) is 16.3. The van der Waals surface area contributed by atoms with Crippen molar-refractivity contribution >= 4 is 11.6 Å². The molecule has 0 saturated carbocycles. The van der Waals surface area contributed by atoms with Crippen molar-refractivity contribution in [2.75, 3.05) is 57.8 Å². The Morgan fingerprint density at radius 2 is 1.95 bits per heavy atom. The molecule has 6 heteroatoms. The summed E-state index contributed by atoms with van der Waals surface area (Å²) >= 11 is 0. The van der Waals surface area contributed by atoms with Gasteiger partial charge < -0.3 is 20.4 Å². The van der Waals surface area contributed by atoms with Crippen LogP contribution < -0.4 is 15.5 Å². The molecule has 1 aliphatic heterocycles. The van der Waals surface area contributed by atoms with Crippen molar-refractivity contribution in [2.24, 2.45) is 0 Å². The molecule has 1 heterocycles. The van der Waals surface area contributed by atoms with Crippen LogP contribution in [0.4, 0.5) is 10.1 Å². The highest BCUT2D eigenvalue weighted by Gasteiger charge is 2.19. The van der Waals surface area contributed by atoms with E-state index >= 15 is 0 Å². The smallest absolute Gasteiger partial charge is 0.251 e. The fourth-order valence-electron chi connectivity index (χ4n) is 2.61. The van der Waals surface area contributed by atoms with Gasteiger partial charge in [0.05, 0.1) is 5.69 Å². The zero-order chi connectivity index (χ0) is 15.9. The van der Waals surface area contributed by atoms with Crippen molar-refractivity contribution in [1.29, 1.82) is 0 Å². The molecule has 0 radical (unpaired) electrons. The predicted molar refractivity (Wildman–Crippen MR) is 87.0 cm³/mol. The van der Waals surface area contributed by atoms with Crippen LogP contribution in [0.1, 0.15) is 17.3 Å². The first kappa shape index (κ1) is 16.7. The topological polar surface area (TPSA) is 47.6 Å². The Balaban J connectivity index is 1.99. The molecule has 0 unspecified atom stereocenters. The number of rotatable bonds is 6. The van der Waals surface area contributed by atoms with Gasteiger partial charge in [0.15, 0.2) is 0 Å². The maximum Gasteiger partial charge on any atom is 0.251 e. The minimum atomic E-state index is -0.328. The van der Waals surface area contributed by atoms with Gasteiger partial charge in [0.25, 0.3) is 5.91 Å². The number of amides is 1. The van der Waals surface area contributed by atoms with E-state index in [0.717, 1.165) is 32.7 Å². The van der Waals surface area contributed by atoms with E-state index in [0.29, 0.717) is 24.3 Å². The van der Waals surface area contributed by atoms with E-state index in [1.165, 1.54) is 6.07 Å². The first-order valence-electron chi connectivity index (χ1n) is 7.85. The van der Waals surface area contributed by atoms with Gasteiger partial charge in [-0.2, -0.15) is 0 Å². The summed E-state index contributed by atoms with van der Waals surface area (Å²) in [6, 6.07) is 4.74. The van der Waals surface area contributed by atoms with Crippen LogP contribution in [0.3, 0.4) is 0 Å². The Hall–Kier alpha value is -1.66. The second kappa shape index (κ2) is 8.10. The lowest BCUT2D eigenvalue weighted by Gasteiger charge is -2.35. The largest absolute Gasteiger partial charge is 0.367 e. The number of hydrogen-bond acceptors (Lipinski definition) is 4. The number of nitrogens with zero attached hydrogens (tertiary/aromatic N) is 2. The minimum Gasteiger partial charge on any atom is -0.367 e. The molecule has 1 fully saturated rings. The third-order valence-electron chi connectivity index (χ3n) is 4.03. The van der Waals surface area contributed by atoms with E-state index in [-0.39, 0.29) is 11.7 Å². The maximum atomic E-state index is 14.3. The number of hydrogen-bond donors (Lipinski definition) is 2. The highest BCUT2D eigenvalue weighted by atomic mass is 19.1. The van der Waals surface area contributed by atoms with Crippen molar-refractivity contribution in [1.82, 2.24) is 15.5 Å². The van der Waals surface area contributed by atoms with Gasteiger partial charge in [-0.25, -0.2) is 4.39 Å². The standard InChI is InChI=1S/C16H25FN4O/c1-3-20-8-10-21(11-9-20)15-5-4-13(12-14(15)17)16(22)19-7-6-18-2/h4-5,12,18H,3,6-11H2,1-2H3,(H,19,22). The molecule has 1 aromatic carbocycles. The first-order valence-corrected chi connectivity index (χ1v) is 7.85. The van der Waals surface area contributed by atoms with Crippen LogP contribution in [0.2, 0.25) is 0 Å². The van der Waals surface area contributed by atoms with Crippen molar-refractivity contribution < 1.29 is 9.18 Å². The monoisotopic (exact) mass is 308 g/mol. The van der Waals surface area contributed by atoms with Crippen molar-refractivity contribution in [3.63, 3.8) is 0 Å². The van der Waals surface area contributed by atoms with E-state index in [1.807, 2.05) is 11.9 Å². The summed E-state index contributed by atoms with van der Waals surface area (Å²) in [6.07, 6.45) is 0. The molecule has 5 nitrogen and oxygen atoms in total. The zero-order valence-corrected chi connectivity index (χ0v) is 13.4. The van der Waals surface area contributed by atoms with Crippen LogP contribution in [0.25, 0.3) is 0 Å². The summed E-state index contributed by atoms with van der Waals surface area (Å²) in [5.74, 6) is -0.567. The van der Waals surface area contributed by atoms with Crippen LogP contribution in [-0.4, -0.2) is 63.7 Å². The molecular formula is C16H25FN4O. The quantitative estimate of drug-likeness (QED) is 0.767. The van der Waals surface area contributed by atoms with Gasteiger partial charge in [-0.15, -0.1) is 0 Å². The normalized spacial score (nSPS) is 15.9. The maximum absolute atomic E-state index is 14.3. The van der Waals surface area contributed by atoms with E-state index in [9.17, 15) is 9.18 Å². The molecule has 22 heavy (non-hydrogen) atoms. The highest BCUT2D eigenvalue weighted by Crippen LogP contribution is 2.22. The second-order valence-corrected chi connectivity index (χ2v) is 5.45. The summed E-state index contributed by atoms with van der Waals surface area (Å²) in [6.45, 7) is 7.91. The van der Waals surface area contributed by atoms with E-state index in [2.05, 4.69) is 22.5 Å². The van der Waals surface area contributed by atoms with Gasteiger partial charge in [0.1, 0.15) is 5.82 Å². The fraction of sp³-hybridized carbons (Fsp3) is 0.562. The molecule has 1 aromatic rings. The highest BCUT2D eigenvalue weighted by molar-refractivity contribution is 5.94. The molecule has 0 aromatic heterocycles. The number of anilines is 1. The van der Waals surface area contributed by atoms with E-state index in [4.69, 9.17) is 0 Å². The Bertz CT molecular complexity index is 501. The molecule has 1 amide bonds. The van der Waals surface area contributed by atoms with Crippen molar-refractivity contribution in [3.05, 3.63) is 29.6 Å². The van der Waals surface area contributed by atoms with E-state index in [1.54, 1.807) is 12.1 Å². The SMILES string of the molecule is CCN1CCN(c2ccc(C(=O)NCCNC)cc2F)CC1. The van der Waals surface area contributed by atoms with Crippen molar-refractivity contribution in [2.45, 2.75) is 6.92 Å². The fourth-order valence-corrected chi connectivity index (χ4v) is 2.61. The number of benzene rings is 1. The Kier molecular flexibility index (Phi) is 6.15. The molecule has 2 N–H and O–H groups in total. The molecule has 1 aliphatic rings. The van der Waals surface area contributed by atoms with Crippen LogP contribution in [0, 0.1) is 5.82 Å². The lowest BCUT2D eigenvalue weighted by molar-refractivity contribution is 0.0953. The van der Waals surface area contributed by atoms with Gasteiger partial charge in [-0.3, -0.25) is 4.79 Å². The van der Waals surface area contributed by atoms with Crippen LogP contribution in [0.5, 0.6) is 0 Å². The molecule has 122 valence electrons. The number of nitrogens with one attached hydrogen (secondary N) is 2. The molecule has 1 saturated heterocycles. The van der Waals surface area contributed by atoms with Crippen LogP contribution >= 0.6 is 0 Å². The lowest BCUT2D eigenvalue weighted by atomic mass is 10.1. The predicted octanol–water partition coefficient (Wildman–Crippen LogP) is 0.917. The minimum absolute atomic E-state index is 0.239. The summed E-state index contributed by atoms with van der Waals surface area (Å²) < 4.78 is 14.3. The lowest BCUT2D eigenvalue weighted by Crippen LogP contribution is -2.46. The Morgan fingerprint density at radius 1 is 1.23 bits per heavy atom. The number of carbonyl (C=O) groups excluding carboxylic acids is 1. The number of halogens is 1. The summed E-state index contributed by atoms with van der Waals surface area (Å²) in [5.41, 5.74) is 0.951. The number of carbonyl (C=O) groups is 1. The molecule has 0 atom stereocenters. The molecule has 2 rings (SSSR count). The van der Waals surface area contributed by atoms with Gasteiger partial charge in [-0.05, 0) is 31.8 Å². The summed E-state index contributed by atoms with van der Waals surface area (Å²) in [5, 5.41) is 5.70. The molecular weight excluding hydrogens is 283 g/mol. The van der Waals surface area contributed by atoms with Gasteiger partial charge in [0, 0.05) is 44.8 Å². The third kappa shape index (κ3) is 4.18. The van der Waals surface area contributed by atoms with Gasteiger partial charge in [-0.1, -0.05) is 6.92 Å². The van der Waals surface area contributed by atoms with Crippen molar-refractivity contribution in [3.8, 4) is 0 Å². The van der Waals surface area contributed by atoms with Crippen LogP contribution in [0.15, 0.2) is 18.2 Å². The van der Waals surface area contributed by atoms with E-state index < -0.39 is 0 Å². The second-order valence-electron chi connectivity index (χ2n) is 5.45.